The second-order valence-corrected chi connectivity index (χ2v) is 7.53. The standard InChI is InChI=1S/C23H29NO4/c25-22(26)21-19(18-12-6-1-2-7-13-18)14-8-9-15-20(21)24-23(27)28-16-17-10-4-3-5-11-17/h3-5,10-12,20H,1-2,6-9,13-16H2,(H,24,27)(H,25,26). The van der Waals surface area contributed by atoms with Gasteiger partial charge in [0, 0.05) is 0 Å². The first-order valence-electron chi connectivity index (χ1n) is 10.3. The third-order valence-electron chi connectivity index (χ3n) is 5.51. The normalized spacial score (nSPS) is 20.6. The Morgan fingerprint density at radius 3 is 2.61 bits per heavy atom. The molecule has 2 aliphatic rings. The zero-order valence-corrected chi connectivity index (χ0v) is 16.3. The van der Waals surface area contributed by atoms with E-state index in [1.807, 2.05) is 30.3 Å². The number of allylic oxidation sites excluding steroid dienone is 3. The van der Waals surface area contributed by atoms with Gasteiger partial charge in [-0.1, -0.05) is 49.2 Å². The summed E-state index contributed by atoms with van der Waals surface area (Å²) in [6, 6.07) is 8.95. The number of alkyl carbamates (subject to hydrolysis) is 1. The monoisotopic (exact) mass is 383 g/mol. The molecule has 2 N–H and O–H groups in total. The molecule has 5 heteroatoms. The fourth-order valence-corrected chi connectivity index (χ4v) is 4.09. The van der Waals surface area contributed by atoms with E-state index in [1.165, 1.54) is 12.0 Å². The first-order valence-corrected chi connectivity index (χ1v) is 10.3. The number of hydrogen-bond donors (Lipinski definition) is 2. The summed E-state index contributed by atoms with van der Waals surface area (Å²) in [5.74, 6) is -0.935. The second kappa shape index (κ2) is 10.1. The number of amides is 1. The fourth-order valence-electron chi connectivity index (χ4n) is 4.09. The topological polar surface area (TPSA) is 75.6 Å². The van der Waals surface area contributed by atoms with Gasteiger partial charge in [0.1, 0.15) is 6.61 Å². The van der Waals surface area contributed by atoms with Gasteiger partial charge in [0.25, 0.3) is 0 Å². The number of rotatable bonds is 5. The van der Waals surface area contributed by atoms with Crippen LogP contribution in [-0.4, -0.2) is 23.2 Å². The fraction of sp³-hybridized carbons (Fsp3) is 0.478. The summed E-state index contributed by atoms with van der Waals surface area (Å²) in [7, 11) is 0. The molecular weight excluding hydrogens is 354 g/mol. The maximum Gasteiger partial charge on any atom is 0.407 e. The average molecular weight is 383 g/mol. The van der Waals surface area contributed by atoms with Gasteiger partial charge < -0.3 is 15.2 Å². The van der Waals surface area contributed by atoms with Crippen LogP contribution >= 0.6 is 0 Å². The lowest BCUT2D eigenvalue weighted by Gasteiger charge is -2.21. The highest BCUT2D eigenvalue weighted by Crippen LogP contribution is 2.33. The van der Waals surface area contributed by atoms with Crippen LogP contribution in [0.15, 0.2) is 53.1 Å². The molecule has 0 heterocycles. The largest absolute Gasteiger partial charge is 0.478 e. The number of nitrogens with one attached hydrogen (secondary N) is 1. The summed E-state index contributed by atoms with van der Waals surface area (Å²) in [5, 5.41) is 12.8. The van der Waals surface area contributed by atoms with Gasteiger partial charge in [0.2, 0.25) is 0 Å². The van der Waals surface area contributed by atoms with Gasteiger partial charge >= 0.3 is 12.1 Å². The Morgan fingerprint density at radius 2 is 1.82 bits per heavy atom. The van der Waals surface area contributed by atoms with Gasteiger partial charge in [-0.05, 0) is 61.7 Å². The predicted molar refractivity (Wildman–Crippen MR) is 108 cm³/mol. The van der Waals surface area contributed by atoms with Crippen molar-refractivity contribution in [1.29, 1.82) is 0 Å². The van der Waals surface area contributed by atoms with Crippen LogP contribution in [0.4, 0.5) is 4.79 Å². The molecular formula is C23H29NO4. The quantitative estimate of drug-likeness (QED) is 0.739. The predicted octanol–water partition coefficient (Wildman–Crippen LogP) is 5.13. The number of carbonyl (C=O) groups excluding carboxylic acids is 1. The molecule has 0 spiro atoms. The molecule has 5 nitrogen and oxygen atoms in total. The number of hydrogen-bond acceptors (Lipinski definition) is 3. The number of carboxylic acid groups (broad SMARTS) is 1. The Balaban J connectivity index is 1.75. The smallest absolute Gasteiger partial charge is 0.407 e. The number of aliphatic carboxylic acids is 1. The number of carbonyl (C=O) groups is 2. The molecule has 1 amide bonds. The molecule has 1 unspecified atom stereocenters. The van der Waals surface area contributed by atoms with Gasteiger partial charge in [-0.3, -0.25) is 0 Å². The SMILES string of the molecule is O=C(NC1CCCCC(C2=CCCCCC2)=C1C(=O)O)OCc1ccccc1. The molecule has 150 valence electrons. The van der Waals surface area contributed by atoms with Crippen molar-refractivity contribution >= 4 is 12.1 Å². The second-order valence-electron chi connectivity index (χ2n) is 7.53. The molecule has 0 aromatic heterocycles. The molecule has 0 saturated carbocycles. The highest BCUT2D eigenvalue weighted by molar-refractivity contribution is 5.91. The van der Waals surface area contributed by atoms with Crippen molar-refractivity contribution < 1.29 is 19.4 Å². The minimum atomic E-state index is -0.935. The maximum absolute atomic E-state index is 12.3. The number of benzene rings is 1. The van der Waals surface area contributed by atoms with E-state index in [0.717, 1.165) is 56.1 Å². The molecule has 0 bridgehead atoms. The Morgan fingerprint density at radius 1 is 1.04 bits per heavy atom. The lowest BCUT2D eigenvalue weighted by molar-refractivity contribution is -0.133. The van der Waals surface area contributed by atoms with Crippen molar-refractivity contribution in [2.75, 3.05) is 0 Å². The van der Waals surface area contributed by atoms with Crippen LogP contribution in [0.1, 0.15) is 63.4 Å². The van der Waals surface area contributed by atoms with E-state index in [4.69, 9.17) is 4.74 Å². The van der Waals surface area contributed by atoms with E-state index in [-0.39, 0.29) is 6.61 Å². The molecule has 0 aliphatic heterocycles. The minimum Gasteiger partial charge on any atom is -0.478 e. The first-order chi connectivity index (χ1) is 13.6. The Hall–Kier alpha value is -2.56. The van der Waals surface area contributed by atoms with Crippen LogP contribution in [0.5, 0.6) is 0 Å². The van der Waals surface area contributed by atoms with E-state index in [1.54, 1.807) is 0 Å². The minimum absolute atomic E-state index is 0.170. The zero-order valence-electron chi connectivity index (χ0n) is 16.3. The molecule has 3 rings (SSSR count). The average Bonchev–Trinajstić information content (AvgIpc) is 3.08. The summed E-state index contributed by atoms with van der Waals surface area (Å²) in [5.41, 5.74) is 3.35. The Bertz CT molecular complexity index is 751. The molecule has 2 aliphatic carbocycles. The molecule has 0 fully saturated rings. The summed E-state index contributed by atoms with van der Waals surface area (Å²) in [4.78, 5) is 24.5. The lowest BCUT2D eigenvalue weighted by Crippen LogP contribution is -2.39. The van der Waals surface area contributed by atoms with Crippen LogP contribution in [0, 0.1) is 0 Å². The van der Waals surface area contributed by atoms with Gasteiger partial charge in [0.15, 0.2) is 0 Å². The van der Waals surface area contributed by atoms with E-state index in [9.17, 15) is 14.7 Å². The summed E-state index contributed by atoms with van der Waals surface area (Å²) < 4.78 is 5.32. The van der Waals surface area contributed by atoms with Crippen LogP contribution < -0.4 is 5.32 Å². The molecule has 1 aromatic carbocycles. The van der Waals surface area contributed by atoms with Crippen LogP contribution in [0.25, 0.3) is 0 Å². The zero-order chi connectivity index (χ0) is 19.8. The van der Waals surface area contributed by atoms with Crippen molar-refractivity contribution in [2.24, 2.45) is 0 Å². The highest BCUT2D eigenvalue weighted by Gasteiger charge is 2.29. The van der Waals surface area contributed by atoms with Gasteiger partial charge in [-0.15, -0.1) is 0 Å². The van der Waals surface area contributed by atoms with E-state index >= 15 is 0 Å². The Labute approximate surface area is 166 Å². The molecule has 0 radical (unpaired) electrons. The van der Waals surface area contributed by atoms with Gasteiger partial charge in [-0.2, -0.15) is 0 Å². The lowest BCUT2D eigenvalue weighted by atomic mass is 9.91. The third-order valence-corrected chi connectivity index (χ3v) is 5.51. The van der Waals surface area contributed by atoms with Crippen molar-refractivity contribution in [3.63, 3.8) is 0 Å². The first kappa shape index (κ1) is 20.2. The van der Waals surface area contributed by atoms with Crippen molar-refractivity contribution in [3.05, 3.63) is 58.7 Å². The van der Waals surface area contributed by atoms with Crippen LogP contribution in [0.2, 0.25) is 0 Å². The third kappa shape index (κ3) is 5.47. The number of carboxylic acids is 1. The van der Waals surface area contributed by atoms with E-state index in [2.05, 4.69) is 11.4 Å². The van der Waals surface area contributed by atoms with Gasteiger partial charge in [0.05, 0.1) is 11.6 Å². The summed E-state index contributed by atoms with van der Waals surface area (Å²) >= 11 is 0. The summed E-state index contributed by atoms with van der Waals surface area (Å²) in [6.07, 6.45) is 10.2. The summed E-state index contributed by atoms with van der Waals surface area (Å²) in [6.45, 7) is 0.170. The van der Waals surface area contributed by atoms with E-state index < -0.39 is 18.1 Å². The molecule has 1 atom stereocenters. The highest BCUT2D eigenvalue weighted by atomic mass is 16.5. The number of ether oxygens (including phenoxy) is 1. The molecule has 0 saturated heterocycles. The molecule has 28 heavy (non-hydrogen) atoms. The van der Waals surface area contributed by atoms with Crippen molar-refractivity contribution in [1.82, 2.24) is 5.32 Å². The van der Waals surface area contributed by atoms with Crippen molar-refractivity contribution in [3.8, 4) is 0 Å². The van der Waals surface area contributed by atoms with Crippen LogP contribution in [0.3, 0.4) is 0 Å². The van der Waals surface area contributed by atoms with E-state index in [0.29, 0.717) is 12.0 Å². The van der Waals surface area contributed by atoms with Gasteiger partial charge in [-0.25, -0.2) is 9.59 Å². The van der Waals surface area contributed by atoms with Crippen LogP contribution in [-0.2, 0) is 16.1 Å². The maximum atomic E-state index is 12.3. The Kier molecular flexibility index (Phi) is 7.29. The molecule has 1 aromatic rings. The van der Waals surface area contributed by atoms with Crippen molar-refractivity contribution in [2.45, 2.75) is 70.4 Å².